The number of hydrogen-bond acceptors (Lipinski definition) is 4. The van der Waals surface area contributed by atoms with E-state index in [-0.39, 0.29) is 36.2 Å². The molecule has 3 rings (SSSR count). The van der Waals surface area contributed by atoms with Gasteiger partial charge >= 0.3 is 5.82 Å². The van der Waals surface area contributed by atoms with Gasteiger partial charge in [0, 0.05) is 18.2 Å². The van der Waals surface area contributed by atoms with Crippen molar-refractivity contribution in [3.8, 4) is 0 Å². The Morgan fingerprint density at radius 3 is 2.48 bits per heavy atom. The number of nitro groups is 1. The molecule has 0 aliphatic heterocycles. The first-order valence-corrected chi connectivity index (χ1v) is 7.84. The summed E-state index contributed by atoms with van der Waals surface area (Å²) in [4.78, 5) is 22.9. The van der Waals surface area contributed by atoms with Gasteiger partial charge in [-0.05, 0) is 48.5 Å². The summed E-state index contributed by atoms with van der Waals surface area (Å²) in [5, 5.41) is 14.0. The molecule has 8 heteroatoms. The van der Waals surface area contributed by atoms with E-state index in [1.807, 2.05) is 0 Å². The van der Waals surface area contributed by atoms with Crippen LogP contribution in [0, 0.1) is 22.0 Å². The van der Waals surface area contributed by atoms with Gasteiger partial charge in [0.05, 0.1) is 7.05 Å². The molecule has 0 saturated heterocycles. The SMILES string of the molecule is Cl.Cn1c(C(=O)NC2C3CCCC2CC(N)C3)ccc1[N+](=O)[O-]. The van der Waals surface area contributed by atoms with Crippen molar-refractivity contribution in [1.82, 2.24) is 9.88 Å². The van der Waals surface area contributed by atoms with Crippen LogP contribution in [0.1, 0.15) is 42.6 Å². The Morgan fingerprint density at radius 1 is 1.35 bits per heavy atom. The normalized spacial score (nSPS) is 29.5. The second kappa shape index (κ2) is 6.88. The van der Waals surface area contributed by atoms with Crippen molar-refractivity contribution in [2.24, 2.45) is 24.6 Å². The van der Waals surface area contributed by atoms with E-state index in [0.717, 1.165) is 25.7 Å². The van der Waals surface area contributed by atoms with E-state index in [1.165, 1.54) is 23.1 Å². The largest absolute Gasteiger partial charge is 0.358 e. The highest BCUT2D eigenvalue weighted by Crippen LogP contribution is 2.39. The summed E-state index contributed by atoms with van der Waals surface area (Å²) in [6.45, 7) is 0. The quantitative estimate of drug-likeness (QED) is 0.647. The van der Waals surface area contributed by atoms with Crippen molar-refractivity contribution in [3.05, 3.63) is 27.9 Å². The molecule has 23 heavy (non-hydrogen) atoms. The van der Waals surface area contributed by atoms with Crippen LogP contribution in [-0.4, -0.2) is 27.5 Å². The number of halogens is 1. The number of fused-ring (bicyclic) bond motifs is 2. The molecule has 2 unspecified atom stereocenters. The van der Waals surface area contributed by atoms with Gasteiger partial charge in [-0.2, -0.15) is 0 Å². The summed E-state index contributed by atoms with van der Waals surface area (Å²) in [5.41, 5.74) is 6.43. The highest BCUT2D eigenvalue weighted by Gasteiger charge is 2.40. The Labute approximate surface area is 141 Å². The zero-order valence-electron chi connectivity index (χ0n) is 13.1. The van der Waals surface area contributed by atoms with E-state index in [9.17, 15) is 14.9 Å². The molecule has 0 radical (unpaired) electrons. The number of nitrogens with zero attached hydrogens (tertiary/aromatic N) is 2. The van der Waals surface area contributed by atoms with Crippen LogP contribution in [0.4, 0.5) is 5.82 Å². The van der Waals surface area contributed by atoms with Crippen LogP contribution in [0.25, 0.3) is 0 Å². The maximum absolute atomic E-state index is 12.5. The van der Waals surface area contributed by atoms with Crippen LogP contribution in [-0.2, 0) is 7.05 Å². The molecule has 2 aliphatic carbocycles. The lowest BCUT2D eigenvalue weighted by Gasteiger charge is -2.45. The molecule has 1 heterocycles. The van der Waals surface area contributed by atoms with Crippen molar-refractivity contribution in [3.63, 3.8) is 0 Å². The third-order valence-corrected chi connectivity index (χ3v) is 5.19. The predicted octanol–water partition coefficient (Wildman–Crippen LogP) is 1.99. The fourth-order valence-corrected chi connectivity index (χ4v) is 4.16. The fourth-order valence-electron chi connectivity index (χ4n) is 4.16. The van der Waals surface area contributed by atoms with E-state index in [4.69, 9.17) is 5.73 Å². The minimum atomic E-state index is -0.481. The Hall–Kier alpha value is -1.60. The van der Waals surface area contributed by atoms with Crippen LogP contribution in [0.5, 0.6) is 0 Å². The number of nitrogens with one attached hydrogen (secondary N) is 1. The molecular weight excluding hydrogens is 320 g/mol. The van der Waals surface area contributed by atoms with Crippen molar-refractivity contribution < 1.29 is 9.72 Å². The van der Waals surface area contributed by atoms with Gasteiger partial charge in [0.2, 0.25) is 0 Å². The molecule has 2 fully saturated rings. The second-order valence-electron chi connectivity index (χ2n) is 6.57. The van der Waals surface area contributed by atoms with E-state index in [2.05, 4.69) is 5.32 Å². The molecule has 2 atom stereocenters. The summed E-state index contributed by atoms with van der Waals surface area (Å²) in [6, 6.07) is 3.26. The molecule has 1 aromatic heterocycles. The molecule has 3 N–H and O–H groups in total. The maximum Gasteiger partial charge on any atom is 0.323 e. The van der Waals surface area contributed by atoms with E-state index in [1.54, 1.807) is 7.05 Å². The van der Waals surface area contributed by atoms with Crippen LogP contribution >= 0.6 is 12.4 Å². The number of amides is 1. The fraction of sp³-hybridized carbons (Fsp3) is 0.667. The Balaban J connectivity index is 0.00000192. The number of nitrogens with two attached hydrogens (primary N) is 1. The molecular formula is C15H23ClN4O3. The van der Waals surface area contributed by atoms with Crippen molar-refractivity contribution in [2.75, 3.05) is 0 Å². The first-order valence-electron chi connectivity index (χ1n) is 7.84. The molecule has 128 valence electrons. The van der Waals surface area contributed by atoms with E-state index >= 15 is 0 Å². The monoisotopic (exact) mass is 342 g/mol. The summed E-state index contributed by atoms with van der Waals surface area (Å²) in [7, 11) is 1.55. The van der Waals surface area contributed by atoms with Crippen molar-refractivity contribution in [1.29, 1.82) is 0 Å². The highest BCUT2D eigenvalue weighted by molar-refractivity contribution is 5.93. The lowest BCUT2D eigenvalue weighted by Crippen LogP contribution is -2.53. The van der Waals surface area contributed by atoms with Crippen LogP contribution in [0.15, 0.2) is 12.1 Å². The first-order chi connectivity index (χ1) is 10.5. The third-order valence-electron chi connectivity index (χ3n) is 5.19. The number of rotatable bonds is 3. The number of aromatic nitrogens is 1. The summed E-state index contributed by atoms with van der Waals surface area (Å²) in [5.74, 6) is 0.562. The first kappa shape index (κ1) is 17.7. The summed E-state index contributed by atoms with van der Waals surface area (Å²) < 4.78 is 1.33. The molecule has 2 saturated carbocycles. The molecule has 7 nitrogen and oxygen atoms in total. The minimum absolute atomic E-state index is 0. The molecule has 0 spiro atoms. The van der Waals surface area contributed by atoms with Gasteiger partial charge in [-0.15, -0.1) is 12.4 Å². The van der Waals surface area contributed by atoms with Gasteiger partial charge in [-0.25, -0.2) is 4.57 Å². The molecule has 0 aromatic carbocycles. The number of carbonyl (C=O) groups is 1. The zero-order valence-corrected chi connectivity index (χ0v) is 13.9. The zero-order chi connectivity index (χ0) is 15.9. The maximum atomic E-state index is 12.5. The van der Waals surface area contributed by atoms with Crippen molar-refractivity contribution >= 4 is 24.1 Å². The average molecular weight is 343 g/mol. The Kier molecular flexibility index (Phi) is 5.31. The third kappa shape index (κ3) is 3.35. The van der Waals surface area contributed by atoms with Crippen LogP contribution < -0.4 is 11.1 Å². The Morgan fingerprint density at radius 2 is 1.96 bits per heavy atom. The average Bonchev–Trinajstić information content (AvgIpc) is 2.81. The van der Waals surface area contributed by atoms with Crippen molar-refractivity contribution in [2.45, 2.75) is 44.2 Å². The van der Waals surface area contributed by atoms with Crippen LogP contribution in [0.2, 0.25) is 0 Å². The highest BCUT2D eigenvalue weighted by atomic mass is 35.5. The molecule has 2 bridgehead atoms. The lowest BCUT2D eigenvalue weighted by atomic mass is 9.67. The van der Waals surface area contributed by atoms with Gasteiger partial charge in [0.25, 0.3) is 5.91 Å². The number of carbonyl (C=O) groups excluding carboxylic acids is 1. The van der Waals surface area contributed by atoms with Gasteiger partial charge < -0.3 is 21.2 Å². The summed E-state index contributed by atoms with van der Waals surface area (Å²) in [6.07, 6.45) is 5.30. The van der Waals surface area contributed by atoms with Gasteiger partial charge in [0.15, 0.2) is 5.69 Å². The second-order valence-corrected chi connectivity index (χ2v) is 6.57. The summed E-state index contributed by atoms with van der Waals surface area (Å²) >= 11 is 0. The standard InChI is InChI=1S/C15H22N4O3.ClH/c1-18-12(5-6-13(18)19(21)22)15(20)17-14-9-3-2-4-10(14)8-11(16)7-9;/h5-6,9-11,14H,2-4,7-8,16H2,1H3,(H,17,20);1H. The minimum Gasteiger partial charge on any atom is -0.358 e. The van der Waals surface area contributed by atoms with Crippen LogP contribution in [0.3, 0.4) is 0 Å². The molecule has 1 aromatic rings. The topological polar surface area (TPSA) is 103 Å². The van der Waals surface area contributed by atoms with Gasteiger partial charge in [0.1, 0.15) is 0 Å². The lowest BCUT2D eigenvalue weighted by molar-refractivity contribution is -0.391. The predicted molar refractivity (Wildman–Crippen MR) is 88.6 cm³/mol. The smallest absolute Gasteiger partial charge is 0.323 e. The molecule has 1 amide bonds. The Bertz CT molecular complexity index is 590. The van der Waals surface area contributed by atoms with Gasteiger partial charge in [-0.1, -0.05) is 6.42 Å². The van der Waals surface area contributed by atoms with E-state index in [0.29, 0.717) is 17.5 Å². The number of hydrogen-bond donors (Lipinski definition) is 2. The van der Waals surface area contributed by atoms with Gasteiger partial charge in [-0.3, -0.25) is 4.79 Å². The van der Waals surface area contributed by atoms with E-state index < -0.39 is 4.92 Å². The molecule has 2 aliphatic rings.